The minimum Gasteiger partial charge on any atom is -0.396 e. The molecule has 0 aromatic heterocycles. The minimum atomic E-state index is -0.194. The van der Waals surface area contributed by atoms with Crippen molar-refractivity contribution in [1.82, 2.24) is 0 Å². The van der Waals surface area contributed by atoms with Crippen molar-refractivity contribution in [1.29, 1.82) is 0 Å². The van der Waals surface area contributed by atoms with Crippen LogP contribution in [0.5, 0.6) is 0 Å². The van der Waals surface area contributed by atoms with Gasteiger partial charge in [-0.15, -0.1) is 0 Å². The van der Waals surface area contributed by atoms with Gasteiger partial charge in [0.15, 0.2) is 5.79 Å². The lowest BCUT2D eigenvalue weighted by Gasteiger charge is -2.42. The van der Waals surface area contributed by atoms with Gasteiger partial charge in [-0.05, 0) is 18.8 Å². The number of hydrogen-bond acceptors (Lipinski definition) is 3. The molecule has 1 aliphatic heterocycles. The molecular formula is C11H22O3. The Bertz CT molecular complexity index is 145. The predicted octanol–water partition coefficient (Wildman–Crippen LogP) is 1.94. The van der Waals surface area contributed by atoms with Gasteiger partial charge in [0.1, 0.15) is 0 Å². The Balaban J connectivity index is 0.000000461. The smallest absolute Gasteiger partial charge is 0.169 e. The topological polar surface area (TPSA) is 38.7 Å². The molecule has 0 aromatic rings. The van der Waals surface area contributed by atoms with Gasteiger partial charge >= 0.3 is 0 Å². The van der Waals surface area contributed by atoms with Crippen LogP contribution in [0.15, 0.2) is 0 Å². The molecule has 0 aromatic carbocycles. The van der Waals surface area contributed by atoms with E-state index in [1.165, 1.54) is 0 Å². The van der Waals surface area contributed by atoms with E-state index in [4.69, 9.17) is 14.6 Å². The van der Waals surface area contributed by atoms with Crippen molar-refractivity contribution in [2.24, 2.45) is 5.92 Å². The van der Waals surface area contributed by atoms with Crippen LogP contribution in [-0.2, 0) is 9.47 Å². The molecule has 0 unspecified atom stereocenters. The molecular weight excluding hydrogens is 180 g/mol. The molecule has 0 radical (unpaired) electrons. The lowest BCUT2D eigenvalue weighted by atomic mass is 9.76. The van der Waals surface area contributed by atoms with Crippen molar-refractivity contribution >= 4 is 0 Å². The third-order valence-electron chi connectivity index (χ3n) is 2.78. The molecule has 0 amide bonds. The molecule has 2 aliphatic rings. The monoisotopic (exact) mass is 202 g/mol. The van der Waals surface area contributed by atoms with Crippen LogP contribution in [-0.4, -0.2) is 30.7 Å². The average Bonchev–Trinajstić information content (AvgIpc) is 2.65. The van der Waals surface area contributed by atoms with E-state index in [-0.39, 0.29) is 5.79 Å². The van der Waals surface area contributed by atoms with Crippen molar-refractivity contribution in [3.8, 4) is 0 Å². The zero-order valence-corrected chi connectivity index (χ0v) is 9.29. The van der Waals surface area contributed by atoms with Crippen molar-refractivity contribution in [3.05, 3.63) is 0 Å². The molecule has 1 spiro atoms. The summed E-state index contributed by atoms with van der Waals surface area (Å²) in [5.74, 6) is 0.524. The summed E-state index contributed by atoms with van der Waals surface area (Å²) in [4.78, 5) is 0. The Morgan fingerprint density at radius 3 is 2.29 bits per heavy atom. The Kier molecular flexibility index (Phi) is 4.85. The van der Waals surface area contributed by atoms with Gasteiger partial charge in [-0.3, -0.25) is 0 Å². The Morgan fingerprint density at radius 1 is 1.21 bits per heavy atom. The van der Waals surface area contributed by atoms with Crippen LogP contribution in [0, 0.1) is 5.92 Å². The number of aliphatic hydroxyl groups is 1. The van der Waals surface area contributed by atoms with Crippen molar-refractivity contribution in [2.75, 3.05) is 19.8 Å². The second-order valence-electron chi connectivity index (χ2n) is 3.75. The van der Waals surface area contributed by atoms with Crippen LogP contribution in [0.4, 0.5) is 0 Å². The summed E-state index contributed by atoms with van der Waals surface area (Å²) < 4.78 is 11.0. The molecule has 3 nitrogen and oxygen atoms in total. The van der Waals surface area contributed by atoms with E-state index < -0.39 is 0 Å². The van der Waals surface area contributed by atoms with Gasteiger partial charge in [-0.2, -0.15) is 0 Å². The summed E-state index contributed by atoms with van der Waals surface area (Å²) in [7, 11) is 0. The van der Waals surface area contributed by atoms with Crippen LogP contribution in [0.25, 0.3) is 0 Å². The lowest BCUT2D eigenvalue weighted by Crippen LogP contribution is -2.44. The predicted molar refractivity (Wildman–Crippen MR) is 55.0 cm³/mol. The summed E-state index contributed by atoms with van der Waals surface area (Å²) >= 11 is 0. The summed E-state index contributed by atoms with van der Waals surface area (Å²) in [5.41, 5.74) is 0. The Labute approximate surface area is 86.4 Å². The first-order valence-electron chi connectivity index (χ1n) is 5.73. The second-order valence-corrected chi connectivity index (χ2v) is 3.75. The molecule has 0 bridgehead atoms. The summed E-state index contributed by atoms with van der Waals surface area (Å²) in [6, 6.07) is 0. The van der Waals surface area contributed by atoms with Gasteiger partial charge < -0.3 is 14.6 Å². The molecule has 1 saturated heterocycles. The lowest BCUT2D eigenvalue weighted by molar-refractivity contribution is -0.231. The van der Waals surface area contributed by atoms with E-state index in [9.17, 15) is 0 Å². The molecule has 1 saturated carbocycles. The maximum absolute atomic E-state index is 8.63. The van der Waals surface area contributed by atoms with Crippen molar-refractivity contribution < 1.29 is 14.6 Å². The zero-order valence-electron chi connectivity index (χ0n) is 9.29. The van der Waals surface area contributed by atoms with Crippen LogP contribution in [0.2, 0.25) is 0 Å². The van der Waals surface area contributed by atoms with E-state index in [2.05, 4.69) is 0 Å². The number of hydrogen-bond donors (Lipinski definition) is 1. The molecule has 84 valence electrons. The van der Waals surface area contributed by atoms with E-state index in [1.54, 1.807) is 0 Å². The number of aliphatic hydroxyl groups excluding tert-OH is 1. The normalized spacial score (nSPS) is 24.2. The second kappa shape index (κ2) is 5.69. The molecule has 1 heterocycles. The Hall–Kier alpha value is -0.120. The minimum absolute atomic E-state index is 0.194. The zero-order chi connectivity index (χ0) is 10.4. The van der Waals surface area contributed by atoms with Gasteiger partial charge in [-0.1, -0.05) is 13.8 Å². The van der Waals surface area contributed by atoms with Crippen LogP contribution < -0.4 is 0 Å². The fourth-order valence-corrected chi connectivity index (χ4v) is 2.14. The first-order valence-corrected chi connectivity index (χ1v) is 5.73. The first-order chi connectivity index (χ1) is 6.85. The van der Waals surface area contributed by atoms with Gasteiger partial charge in [0.25, 0.3) is 0 Å². The summed E-state index contributed by atoms with van der Waals surface area (Å²) in [5, 5.41) is 8.63. The van der Waals surface area contributed by atoms with E-state index >= 15 is 0 Å². The largest absolute Gasteiger partial charge is 0.396 e. The average molecular weight is 202 g/mol. The van der Waals surface area contributed by atoms with Crippen LogP contribution >= 0.6 is 0 Å². The highest BCUT2D eigenvalue weighted by molar-refractivity contribution is 4.90. The van der Waals surface area contributed by atoms with Crippen LogP contribution in [0.3, 0.4) is 0 Å². The summed E-state index contributed by atoms with van der Waals surface area (Å²) in [6.45, 7) is 5.82. The molecule has 1 N–H and O–H groups in total. The first kappa shape index (κ1) is 12.0. The van der Waals surface area contributed by atoms with E-state index in [1.807, 2.05) is 13.8 Å². The van der Waals surface area contributed by atoms with Crippen LogP contribution in [0.1, 0.15) is 39.5 Å². The maximum Gasteiger partial charge on any atom is 0.169 e. The molecule has 1 aliphatic carbocycles. The molecule has 14 heavy (non-hydrogen) atoms. The summed E-state index contributed by atoms with van der Waals surface area (Å²) in [6.07, 6.45) is 4.10. The fraction of sp³-hybridized carbons (Fsp3) is 1.00. The molecule has 0 atom stereocenters. The van der Waals surface area contributed by atoms with Crippen molar-refractivity contribution in [2.45, 2.75) is 45.3 Å². The molecule has 2 rings (SSSR count). The standard InChI is InChI=1S/C9H16O3.C2H6/c10-3-1-2-8-6-9(7-8)11-4-5-12-9;1-2/h8,10H,1-7H2;1-2H3. The number of rotatable bonds is 3. The van der Waals surface area contributed by atoms with E-state index in [0.717, 1.165) is 44.8 Å². The third-order valence-corrected chi connectivity index (χ3v) is 2.78. The van der Waals surface area contributed by atoms with Crippen molar-refractivity contribution in [3.63, 3.8) is 0 Å². The highest BCUT2D eigenvalue weighted by Gasteiger charge is 2.48. The SMILES string of the molecule is CC.OCCCC1CC2(C1)OCCO2. The third kappa shape index (κ3) is 2.69. The van der Waals surface area contributed by atoms with Gasteiger partial charge in [-0.25, -0.2) is 0 Å². The maximum atomic E-state index is 8.63. The molecule has 2 fully saturated rings. The Morgan fingerprint density at radius 2 is 1.79 bits per heavy atom. The number of ether oxygens (including phenoxy) is 2. The fourth-order valence-electron chi connectivity index (χ4n) is 2.14. The quantitative estimate of drug-likeness (QED) is 0.760. The molecule has 3 heteroatoms. The highest BCUT2D eigenvalue weighted by atomic mass is 16.7. The van der Waals surface area contributed by atoms with Gasteiger partial charge in [0.05, 0.1) is 13.2 Å². The highest BCUT2D eigenvalue weighted by Crippen LogP contribution is 2.45. The van der Waals surface area contributed by atoms with Gasteiger partial charge in [0, 0.05) is 19.4 Å². The van der Waals surface area contributed by atoms with E-state index in [0.29, 0.717) is 6.61 Å². The van der Waals surface area contributed by atoms with Gasteiger partial charge in [0.2, 0.25) is 0 Å².